The number of halogens is 3. The van der Waals surface area contributed by atoms with Gasteiger partial charge in [-0.05, 0) is 42.8 Å². The molecule has 0 radical (unpaired) electrons. The predicted octanol–water partition coefficient (Wildman–Crippen LogP) is 2.98. The van der Waals surface area contributed by atoms with Crippen molar-refractivity contribution < 1.29 is 23.4 Å². The Morgan fingerprint density at radius 1 is 1.09 bits per heavy atom. The van der Waals surface area contributed by atoms with Crippen molar-refractivity contribution in [2.24, 2.45) is 4.99 Å². The number of fused-ring (bicyclic) bond motifs is 1. The summed E-state index contributed by atoms with van der Waals surface area (Å²) in [4.78, 5) is 17.6. The first-order valence-electron chi connectivity index (χ1n) is 10.5. The molecule has 1 atom stereocenters. The molecule has 0 saturated heterocycles. The number of aliphatic imine (C=N–C) groups is 1. The molecule has 0 aliphatic carbocycles. The number of pyridine rings is 1. The van der Waals surface area contributed by atoms with Crippen molar-refractivity contribution in [3.05, 3.63) is 93.3 Å². The van der Waals surface area contributed by atoms with Gasteiger partial charge in [0, 0.05) is 11.6 Å². The van der Waals surface area contributed by atoms with Gasteiger partial charge in [0.05, 0.1) is 30.5 Å². The van der Waals surface area contributed by atoms with E-state index in [1.54, 1.807) is 6.07 Å². The molecule has 3 aromatic rings. The molecule has 0 amide bonds. The molecule has 0 spiro atoms. The van der Waals surface area contributed by atoms with E-state index in [9.17, 15) is 28.2 Å². The zero-order valence-corrected chi connectivity index (χ0v) is 18.2. The molecule has 1 unspecified atom stereocenters. The summed E-state index contributed by atoms with van der Waals surface area (Å²) in [6, 6.07) is 13.7. The van der Waals surface area contributed by atoms with Gasteiger partial charge in [0.25, 0.3) is 5.56 Å². The van der Waals surface area contributed by atoms with Gasteiger partial charge in [0.15, 0.2) is 5.96 Å². The number of guanidine groups is 1. The van der Waals surface area contributed by atoms with Crippen LogP contribution < -0.4 is 16.2 Å². The summed E-state index contributed by atoms with van der Waals surface area (Å²) in [7, 11) is 0. The van der Waals surface area contributed by atoms with E-state index in [0.717, 1.165) is 23.3 Å². The van der Waals surface area contributed by atoms with Gasteiger partial charge < -0.3 is 20.8 Å². The second-order valence-electron chi connectivity index (χ2n) is 7.98. The third kappa shape index (κ3) is 4.68. The zero-order valence-electron chi connectivity index (χ0n) is 18.2. The van der Waals surface area contributed by atoms with Crippen LogP contribution in [-0.4, -0.2) is 40.0 Å². The van der Waals surface area contributed by atoms with Crippen LogP contribution in [0, 0.1) is 6.92 Å². The lowest BCUT2D eigenvalue weighted by Gasteiger charge is -2.29. The van der Waals surface area contributed by atoms with Crippen LogP contribution in [0.3, 0.4) is 0 Å². The molecule has 0 fully saturated rings. The molecule has 2 aromatic carbocycles. The maximum Gasteiger partial charge on any atom is 0.416 e. The second kappa shape index (κ2) is 9.32. The minimum atomic E-state index is -4.50. The summed E-state index contributed by atoms with van der Waals surface area (Å²) in [6.07, 6.45) is -4.50. The molecule has 1 aromatic heterocycles. The zero-order chi connectivity index (χ0) is 24.5. The van der Waals surface area contributed by atoms with Crippen LogP contribution in [-0.2, 0) is 6.18 Å². The number of aliphatic hydroxyl groups excluding tert-OH is 2. The van der Waals surface area contributed by atoms with E-state index >= 15 is 0 Å². The Morgan fingerprint density at radius 2 is 1.79 bits per heavy atom. The highest BCUT2D eigenvalue weighted by molar-refractivity contribution is 5.96. The molecule has 0 bridgehead atoms. The van der Waals surface area contributed by atoms with Crippen LogP contribution in [0.1, 0.15) is 28.3 Å². The molecule has 4 N–H and O–H groups in total. The lowest BCUT2D eigenvalue weighted by molar-refractivity contribution is -0.137. The molecular formula is C24H23F3N4O3. The molecule has 7 nitrogen and oxygen atoms in total. The van der Waals surface area contributed by atoms with Crippen LogP contribution in [0.4, 0.5) is 19.0 Å². The molecule has 1 aliphatic heterocycles. The molecule has 1 aliphatic rings. The number of aromatic nitrogens is 1. The lowest BCUT2D eigenvalue weighted by Crippen LogP contribution is -2.46. The highest BCUT2D eigenvalue weighted by Gasteiger charge is 2.31. The topological polar surface area (TPSA) is 98.9 Å². The van der Waals surface area contributed by atoms with Gasteiger partial charge in [-0.2, -0.15) is 13.2 Å². The van der Waals surface area contributed by atoms with Crippen molar-refractivity contribution in [1.29, 1.82) is 0 Å². The van der Waals surface area contributed by atoms with Gasteiger partial charge in [-0.25, -0.2) is 4.99 Å². The molecule has 2 heterocycles. The van der Waals surface area contributed by atoms with E-state index < -0.39 is 29.4 Å². The number of alkyl halides is 3. The molecule has 4 rings (SSSR count). The Bertz CT molecular complexity index is 1270. The lowest BCUT2D eigenvalue weighted by atomic mass is 9.97. The second-order valence-corrected chi connectivity index (χ2v) is 7.98. The maximum absolute atomic E-state index is 13.0. The summed E-state index contributed by atoms with van der Waals surface area (Å²) in [5.74, 6) is 0.532. The van der Waals surface area contributed by atoms with Gasteiger partial charge in [-0.15, -0.1) is 0 Å². The van der Waals surface area contributed by atoms with Crippen molar-refractivity contribution in [1.82, 2.24) is 9.88 Å². The Hall–Kier alpha value is -3.63. The first kappa shape index (κ1) is 23.5. The minimum Gasteiger partial charge on any atom is -0.394 e. The minimum absolute atomic E-state index is 0.207. The Kier molecular flexibility index (Phi) is 6.45. The third-order valence-corrected chi connectivity index (χ3v) is 5.50. The predicted molar refractivity (Wildman–Crippen MR) is 122 cm³/mol. The summed E-state index contributed by atoms with van der Waals surface area (Å²) in [5.41, 5.74) is 1.45. The number of hydrogen-bond acceptors (Lipinski definition) is 6. The molecule has 34 heavy (non-hydrogen) atoms. The fourth-order valence-corrected chi connectivity index (χ4v) is 3.81. The molecule has 0 saturated carbocycles. The van der Waals surface area contributed by atoms with Gasteiger partial charge in [-0.3, -0.25) is 9.36 Å². The van der Waals surface area contributed by atoms with E-state index in [-0.39, 0.29) is 24.9 Å². The number of hydrogen-bond donors (Lipinski definition) is 4. The number of rotatable bonds is 5. The Labute approximate surface area is 193 Å². The Morgan fingerprint density at radius 3 is 2.41 bits per heavy atom. The van der Waals surface area contributed by atoms with Crippen molar-refractivity contribution in [3.8, 4) is 5.69 Å². The first-order valence-corrected chi connectivity index (χ1v) is 10.5. The smallest absolute Gasteiger partial charge is 0.394 e. The van der Waals surface area contributed by atoms with Crippen LogP contribution >= 0.6 is 0 Å². The fourth-order valence-electron chi connectivity index (χ4n) is 3.81. The molecule has 178 valence electrons. The average molecular weight is 472 g/mol. The largest absolute Gasteiger partial charge is 0.416 e. The van der Waals surface area contributed by atoms with Gasteiger partial charge in [-0.1, -0.05) is 29.8 Å². The summed E-state index contributed by atoms with van der Waals surface area (Å²) < 4.78 is 40.4. The first-order chi connectivity index (χ1) is 16.2. The number of aliphatic hydroxyl groups is 2. The standard InChI is InChI=1S/C24H23F3N4O3/c1-14-3-2-4-15(11-14)21-19-9-10-20(34)31(18-7-5-16(6-8-18)24(25,26)27)22(19)30-23(29-21)28-17(12-32)13-33/h2-11,17,21,32-33H,12-13H2,1H3,(H2,28,29,30). The number of nitrogens with one attached hydrogen (secondary N) is 2. The van der Waals surface area contributed by atoms with E-state index in [1.165, 1.54) is 22.8 Å². The van der Waals surface area contributed by atoms with Gasteiger partial charge in [0.2, 0.25) is 0 Å². The third-order valence-electron chi connectivity index (χ3n) is 5.50. The number of benzene rings is 2. The number of aryl methyl sites for hydroxylation is 1. The van der Waals surface area contributed by atoms with E-state index in [2.05, 4.69) is 15.6 Å². The maximum atomic E-state index is 13.0. The highest BCUT2D eigenvalue weighted by Crippen LogP contribution is 2.36. The Balaban J connectivity index is 1.86. The summed E-state index contributed by atoms with van der Waals surface area (Å²) >= 11 is 0. The van der Waals surface area contributed by atoms with Gasteiger partial charge in [0.1, 0.15) is 11.9 Å². The SMILES string of the molecule is Cc1cccc(C2N=C(NC(CO)CO)Nc3c2ccc(=O)n3-c2ccc(C(F)(F)F)cc2)c1. The average Bonchev–Trinajstić information content (AvgIpc) is 2.81. The fraction of sp³-hybridized carbons (Fsp3) is 0.250. The number of nitrogens with zero attached hydrogens (tertiary/aromatic N) is 2. The summed E-state index contributed by atoms with van der Waals surface area (Å²) in [5, 5.41) is 24.9. The molecule has 10 heteroatoms. The summed E-state index contributed by atoms with van der Waals surface area (Å²) in [6.45, 7) is 1.21. The van der Waals surface area contributed by atoms with Crippen LogP contribution in [0.2, 0.25) is 0 Å². The van der Waals surface area contributed by atoms with Gasteiger partial charge >= 0.3 is 6.18 Å². The van der Waals surface area contributed by atoms with E-state index in [0.29, 0.717) is 11.4 Å². The normalized spacial score (nSPS) is 15.5. The van der Waals surface area contributed by atoms with Crippen molar-refractivity contribution >= 4 is 11.8 Å². The quantitative estimate of drug-likeness (QED) is 0.458. The number of anilines is 1. The van der Waals surface area contributed by atoms with Crippen molar-refractivity contribution in [3.63, 3.8) is 0 Å². The highest BCUT2D eigenvalue weighted by atomic mass is 19.4. The van der Waals surface area contributed by atoms with Crippen LogP contribution in [0.5, 0.6) is 0 Å². The monoisotopic (exact) mass is 472 g/mol. The van der Waals surface area contributed by atoms with E-state index in [4.69, 9.17) is 0 Å². The van der Waals surface area contributed by atoms with Crippen molar-refractivity contribution in [2.45, 2.75) is 25.2 Å². The van der Waals surface area contributed by atoms with E-state index in [1.807, 2.05) is 31.2 Å². The van der Waals surface area contributed by atoms with Crippen LogP contribution in [0.25, 0.3) is 5.69 Å². The van der Waals surface area contributed by atoms with Crippen molar-refractivity contribution in [2.75, 3.05) is 18.5 Å². The molecular weight excluding hydrogens is 449 g/mol. The van der Waals surface area contributed by atoms with Crippen LogP contribution in [0.15, 0.2) is 70.5 Å².